The molecule has 96 valence electrons. The van der Waals surface area contributed by atoms with Gasteiger partial charge in [0.25, 0.3) is 0 Å². The largest absolute Gasteiger partial charge is 0.369 e. The van der Waals surface area contributed by atoms with E-state index in [1.165, 1.54) is 13.0 Å². The Kier molecular flexibility index (Phi) is 4.16. The number of hydrogen-bond acceptors (Lipinski definition) is 4. The number of likely N-dealkylation sites (tertiary alicyclic amines) is 1. The van der Waals surface area contributed by atoms with Crippen molar-refractivity contribution < 1.29 is 0 Å². The number of aromatic nitrogens is 1. The molecule has 0 amide bonds. The SMILES string of the molecule is CCN1CCC(CNc2nccc(C)c2C#N)C1. The predicted octanol–water partition coefficient (Wildman–Crippen LogP) is 2.02. The lowest BCUT2D eigenvalue weighted by atomic mass is 10.1. The second-order valence-electron chi connectivity index (χ2n) is 4.89. The molecule has 1 saturated heterocycles. The van der Waals surface area contributed by atoms with Gasteiger partial charge in [-0.25, -0.2) is 4.98 Å². The van der Waals surface area contributed by atoms with Crippen molar-refractivity contribution in [3.05, 3.63) is 23.4 Å². The highest BCUT2D eigenvalue weighted by molar-refractivity contribution is 5.55. The van der Waals surface area contributed by atoms with Crippen LogP contribution in [0.25, 0.3) is 0 Å². The van der Waals surface area contributed by atoms with E-state index in [1.54, 1.807) is 6.20 Å². The number of nitriles is 1. The summed E-state index contributed by atoms with van der Waals surface area (Å²) in [5.41, 5.74) is 1.65. The number of anilines is 1. The number of rotatable bonds is 4. The lowest BCUT2D eigenvalue weighted by Gasteiger charge is -2.14. The highest BCUT2D eigenvalue weighted by Gasteiger charge is 2.21. The fourth-order valence-electron chi connectivity index (χ4n) is 2.44. The van der Waals surface area contributed by atoms with E-state index in [0.29, 0.717) is 11.5 Å². The van der Waals surface area contributed by atoms with E-state index in [9.17, 15) is 0 Å². The van der Waals surface area contributed by atoms with Crippen LogP contribution in [0, 0.1) is 24.2 Å². The van der Waals surface area contributed by atoms with Crippen molar-refractivity contribution in [3.8, 4) is 6.07 Å². The first kappa shape index (κ1) is 12.8. The zero-order valence-electron chi connectivity index (χ0n) is 11.1. The van der Waals surface area contributed by atoms with E-state index in [0.717, 1.165) is 31.0 Å². The Labute approximate surface area is 109 Å². The summed E-state index contributed by atoms with van der Waals surface area (Å²) < 4.78 is 0. The molecule has 0 spiro atoms. The first-order valence-corrected chi connectivity index (χ1v) is 6.56. The molecule has 1 aliphatic rings. The summed E-state index contributed by atoms with van der Waals surface area (Å²) in [5.74, 6) is 1.39. The molecule has 4 heteroatoms. The third-order valence-electron chi connectivity index (χ3n) is 3.65. The van der Waals surface area contributed by atoms with Crippen LogP contribution in [0.1, 0.15) is 24.5 Å². The molecule has 1 atom stereocenters. The van der Waals surface area contributed by atoms with E-state index in [1.807, 2.05) is 13.0 Å². The van der Waals surface area contributed by atoms with Crippen molar-refractivity contribution in [2.24, 2.45) is 5.92 Å². The van der Waals surface area contributed by atoms with Gasteiger partial charge in [0.2, 0.25) is 0 Å². The van der Waals surface area contributed by atoms with Crippen molar-refractivity contribution in [1.82, 2.24) is 9.88 Å². The predicted molar refractivity (Wildman–Crippen MR) is 72.4 cm³/mol. The molecule has 0 bridgehead atoms. The van der Waals surface area contributed by atoms with E-state index >= 15 is 0 Å². The zero-order chi connectivity index (χ0) is 13.0. The standard InChI is InChI=1S/C14H20N4/c1-3-18-7-5-12(10-18)9-17-14-13(8-15)11(2)4-6-16-14/h4,6,12H,3,5,7,9-10H2,1-2H3,(H,16,17). The molecule has 1 unspecified atom stereocenters. The molecule has 1 aliphatic heterocycles. The average Bonchev–Trinajstić information content (AvgIpc) is 2.84. The van der Waals surface area contributed by atoms with Gasteiger partial charge in [-0.3, -0.25) is 0 Å². The minimum atomic E-state index is 0.666. The second-order valence-corrected chi connectivity index (χ2v) is 4.89. The number of nitrogens with zero attached hydrogens (tertiary/aromatic N) is 3. The fraction of sp³-hybridized carbons (Fsp3) is 0.571. The van der Waals surface area contributed by atoms with Crippen LogP contribution in [0.4, 0.5) is 5.82 Å². The molecule has 1 aromatic rings. The van der Waals surface area contributed by atoms with Crippen LogP contribution in [-0.4, -0.2) is 36.1 Å². The van der Waals surface area contributed by atoms with Gasteiger partial charge in [0, 0.05) is 19.3 Å². The summed E-state index contributed by atoms with van der Waals surface area (Å²) in [5, 5.41) is 12.5. The highest BCUT2D eigenvalue weighted by Crippen LogP contribution is 2.19. The molecule has 0 aromatic carbocycles. The van der Waals surface area contributed by atoms with Crippen LogP contribution < -0.4 is 5.32 Å². The molecule has 4 nitrogen and oxygen atoms in total. The van der Waals surface area contributed by atoms with Crippen molar-refractivity contribution in [3.63, 3.8) is 0 Å². The topological polar surface area (TPSA) is 52.0 Å². The molecule has 0 saturated carbocycles. The van der Waals surface area contributed by atoms with E-state index in [2.05, 4.69) is 28.2 Å². The maximum atomic E-state index is 9.13. The third-order valence-corrected chi connectivity index (χ3v) is 3.65. The molecule has 0 radical (unpaired) electrons. The number of hydrogen-bond donors (Lipinski definition) is 1. The van der Waals surface area contributed by atoms with E-state index in [-0.39, 0.29) is 0 Å². The van der Waals surface area contributed by atoms with Crippen LogP contribution in [0.5, 0.6) is 0 Å². The van der Waals surface area contributed by atoms with Crippen molar-refractivity contribution in [2.75, 3.05) is 31.5 Å². The first-order valence-electron chi connectivity index (χ1n) is 6.56. The minimum Gasteiger partial charge on any atom is -0.369 e. The maximum Gasteiger partial charge on any atom is 0.144 e. The molecule has 0 aliphatic carbocycles. The van der Waals surface area contributed by atoms with Gasteiger partial charge in [0.15, 0.2) is 0 Å². The maximum absolute atomic E-state index is 9.13. The molecule has 2 rings (SSSR count). The molecular weight excluding hydrogens is 224 g/mol. The van der Waals surface area contributed by atoms with Crippen LogP contribution in [-0.2, 0) is 0 Å². The Bertz CT molecular complexity index is 450. The van der Waals surface area contributed by atoms with Gasteiger partial charge >= 0.3 is 0 Å². The zero-order valence-corrected chi connectivity index (χ0v) is 11.1. The van der Waals surface area contributed by atoms with Crippen LogP contribution >= 0.6 is 0 Å². The highest BCUT2D eigenvalue weighted by atomic mass is 15.1. The summed E-state index contributed by atoms with van der Waals surface area (Å²) in [6.45, 7) is 8.52. The Morgan fingerprint density at radius 1 is 1.61 bits per heavy atom. The van der Waals surface area contributed by atoms with Crippen LogP contribution in [0.15, 0.2) is 12.3 Å². The smallest absolute Gasteiger partial charge is 0.144 e. The lowest BCUT2D eigenvalue weighted by Crippen LogP contribution is -2.22. The Morgan fingerprint density at radius 3 is 3.11 bits per heavy atom. The monoisotopic (exact) mass is 244 g/mol. The van der Waals surface area contributed by atoms with E-state index < -0.39 is 0 Å². The molecular formula is C14H20N4. The third kappa shape index (κ3) is 2.80. The van der Waals surface area contributed by atoms with Crippen molar-refractivity contribution in [1.29, 1.82) is 5.26 Å². The van der Waals surface area contributed by atoms with Crippen molar-refractivity contribution >= 4 is 5.82 Å². The average molecular weight is 244 g/mol. The van der Waals surface area contributed by atoms with Crippen LogP contribution in [0.2, 0.25) is 0 Å². The summed E-state index contributed by atoms with van der Waals surface area (Å²) in [4.78, 5) is 6.72. The quantitative estimate of drug-likeness (QED) is 0.880. The van der Waals surface area contributed by atoms with Gasteiger partial charge in [0.05, 0.1) is 5.56 Å². The first-order chi connectivity index (χ1) is 8.74. The Hall–Kier alpha value is -1.60. The summed E-state index contributed by atoms with van der Waals surface area (Å²) in [6.07, 6.45) is 2.99. The number of nitrogens with one attached hydrogen (secondary N) is 1. The Morgan fingerprint density at radius 2 is 2.44 bits per heavy atom. The van der Waals surface area contributed by atoms with Crippen molar-refractivity contribution in [2.45, 2.75) is 20.3 Å². The number of pyridine rings is 1. The summed E-state index contributed by atoms with van der Waals surface area (Å²) in [7, 11) is 0. The molecule has 1 fully saturated rings. The van der Waals surface area contributed by atoms with Crippen LogP contribution in [0.3, 0.4) is 0 Å². The normalized spacial score (nSPS) is 19.7. The van der Waals surface area contributed by atoms with Gasteiger partial charge < -0.3 is 10.2 Å². The molecule has 2 heterocycles. The van der Waals surface area contributed by atoms with Gasteiger partial charge in [0.1, 0.15) is 11.9 Å². The Balaban J connectivity index is 1.95. The second kappa shape index (κ2) is 5.83. The number of aryl methyl sites for hydroxylation is 1. The molecule has 1 aromatic heterocycles. The molecule has 1 N–H and O–H groups in total. The minimum absolute atomic E-state index is 0.666. The lowest BCUT2D eigenvalue weighted by molar-refractivity contribution is 0.345. The fourth-order valence-corrected chi connectivity index (χ4v) is 2.44. The van der Waals surface area contributed by atoms with Gasteiger partial charge in [-0.1, -0.05) is 6.92 Å². The summed E-state index contributed by atoms with van der Waals surface area (Å²) >= 11 is 0. The van der Waals surface area contributed by atoms with Gasteiger partial charge in [-0.15, -0.1) is 0 Å². The van der Waals surface area contributed by atoms with Gasteiger partial charge in [-0.2, -0.15) is 5.26 Å². The van der Waals surface area contributed by atoms with Gasteiger partial charge in [-0.05, 0) is 44.0 Å². The summed E-state index contributed by atoms with van der Waals surface area (Å²) in [6, 6.07) is 4.10. The van der Waals surface area contributed by atoms with E-state index in [4.69, 9.17) is 5.26 Å². The molecule has 18 heavy (non-hydrogen) atoms.